The number of hydrogen-bond acceptors (Lipinski definition) is 4. The zero-order valence-corrected chi connectivity index (χ0v) is 17.7. The summed E-state index contributed by atoms with van der Waals surface area (Å²) >= 11 is 0. The Morgan fingerprint density at radius 1 is 1.10 bits per heavy atom. The SMILES string of the molecule is COc1ccc(C2CCN(C(=O)C3=NN(c4cc(C)ccc4C)C(=O)CC3)C2)cc1. The Balaban J connectivity index is 1.51. The highest BCUT2D eigenvalue weighted by molar-refractivity contribution is 6.40. The van der Waals surface area contributed by atoms with E-state index in [-0.39, 0.29) is 11.8 Å². The molecule has 6 nitrogen and oxygen atoms in total. The Kier molecular flexibility index (Phi) is 5.57. The molecule has 1 fully saturated rings. The number of methoxy groups -OCH3 is 1. The average Bonchev–Trinajstić information content (AvgIpc) is 3.26. The minimum Gasteiger partial charge on any atom is -0.497 e. The maximum atomic E-state index is 13.2. The standard InChI is InChI=1S/C24H27N3O3/c1-16-4-5-17(2)22(14-16)27-23(28)11-10-21(25-27)24(29)26-13-12-19(15-26)18-6-8-20(30-3)9-7-18/h4-9,14,19H,10-13,15H2,1-3H3. The summed E-state index contributed by atoms with van der Waals surface area (Å²) in [7, 11) is 1.65. The molecule has 156 valence electrons. The lowest BCUT2D eigenvalue weighted by Crippen LogP contribution is -2.40. The molecule has 0 aromatic heterocycles. The fourth-order valence-electron chi connectivity index (χ4n) is 4.12. The Bertz CT molecular complexity index is 997. The molecule has 2 aliphatic heterocycles. The van der Waals surface area contributed by atoms with Crippen LogP contribution in [0.4, 0.5) is 5.69 Å². The molecule has 2 aromatic rings. The maximum Gasteiger partial charge on any atom is 0.270 e. The first-order chi connectivity index (χ1) is 14.5. The fourth-order valence-corrected chi connectivity index (χ4v) is 4.12. The predicted octanol–water partition coefficient (Wildman–Crippen LogP) is 3.81. The molecule has 1 atom stereocenters. The Labute approximate surface area is 177 Å². The van der Waals surface area contributed by atoms with Crippen LogP contribution in [0.5, 0.6) is 5.75 Å². The Morgan fingerprint density at radius 2 is 1.87 bits per heavy atom. The summed E-state index contributed by atoms with van der Waals surface area (Å²) in [4.78, 5) is 27.5. The smallest absolute Gasteiger partial charge is 0.270 e. The van der Waals surface area contributed by atoms with E-state index in [2.05, 4.69) is 17.2 Å². The molecule has 2 amide bonds. The Hall–Kier alpha value is -3.15. The molecule has 0 radical (unpaired) electrons. The number of carbonyl (C=O) groups is 2. The van der Waals surface area contributed by atoms with Crippen LogP contribution in [-0.4, -0.2) is 42.6 Å². The normalized spacial score (nSPS) is 19.1. The molecule has 4 rings (SSSR count). The lowest BCUT2D eigenvalue weighted by molar-refractivity contribution is -0.123. The number of hydrogen-bond donors (Lipinski definition) is 0. The first-order valence-electron chi connectivity index (χ1n) is 10.4. The third-order valence-electron chi connectivity index (χ3n) is 5.93. The van der Waals surface area contributed by atoms with Crippen LogP contribution in [-0.2, 0) is 9.59 Å². The van der Waals surface area contributed by atoms with Crippen molar-refractivity contribution in [3.05, 3.63) is 59.2 Å². The quantitative estimate of drug-likeness (QED) is 0.777. The van der Waals surface area contributed by atoms with Gasteiger partial charge in [-0.15, -0.1) is 0 Å². The second-order valence-corrected chi connectivity index (χ2v) is 8.05. The third kappa shape index (κ3) is 3.95. The zero-order chi connectivity index (χ0) is 21.3. The highest BCUT2D eigenvalue weighted by atomic mass is 16.5. The molecule has 2 aromatic carbocycles. The molecule has 1 unspecified atom stereocenters. The van der Waals surface area contributed by atoms with Crippen LogP contribution >= 0.6 is 0 Å². The van der Waals surface area contributed by atoms with Gasteiger partial charge in [0.05, 0.1) is 12.8 Å². The lowest BCUT2D eigenvalue weighted by atomic mass is 9.98. The van der Waals surface area contributed by atoms with Crippen molar-refractivity contribution in [2.24, 2.45) is 5.10 Å². The first-order valence-corrected chi connectivity index (χ1v) is 10.4. The van der Waals surface area contributed by atoms with E-state index in [1.165, 1.54) is 10.6 Å². The van der Waals surface area contributed by atoms with Crippen LogP contribution < -0.4 is 9.75 Å². The van der Waals surface area contributed by atoms with Crippen LogP contribution in [0.15, 0.2) is 47.6 Å². The van der Waals surface area contributed by atoms with Crippen LogP contribution in [0.3, 0.4) is 0 Å². The molecular weight excluding hydrogens is 378 g/mol. The summed E-state index contributed by atoms with van der Waals surface area (Å²) in [5.74, 6) is 1.00. The minimum atomic E-state index is -0.0715. The van der Waals surface area contributed by atoms with E-state index < -0.39 is 0 Å². The number of amides is 2. The van der Waals surface area contributed by atoms with Crippen molar-refractivity contribution in [3.63, 3.8) is 0 Å². The van der Waals surface area contributed by atoms with E-state index >= 15 is 0 Å². The Morgan fingerprint density at radius 3 is 2.60 bits per heavy atom. The summed E-state index contributed by atoms with van der Waals surface area (Å²) in [5, 5.41) is 5.91. The summed E-state index contributed by atoms with van der Waals surface area (Å²) in [6.45, 7) is 5.30. The molecule has 0 N–H and O–H groups in total. The fraction of sp³-hybridized carbons (Fsp3) is 0.375. The van der Waals surface area contributed by atoms with Crippen molar-refractivity contribution in [1.29, 1.82) is 0 Å². The van der Waals surface area contributed by atoms with E-state index in [1.807, 2.05) is 49.1 Å². The zero-order valence-electron chi connectivity index (χ0n) is 17.7. The van der Waals surface area contributed by atoms with Crippen molar-refractivity contribution >= 4 is 23.2 Å². The van der Waals surface area contributed by atoms with E-state index in [0.29, 0.717) is 37.6 Å². The van der Waals surface area contributed by atoms with Gasteiger partial charge in [0.15, 0.2) is 0 Å². The second-order valence-electron chi connectivity index (χ2n) is 8.05. The van der Waals surface area contributed by atoms with E-state index in [0.717, 1.165) is 29.0 Å². The van der Waals surface area contributed by atoms with E-state index in [1.54, 1.807) is 7.11 Å². The highest BCUT2D eigenvalue weighted by Gasteiger charge is 2.33. The summed E-state index contributed by atoms with van der Waals surface area (Å²) in [5.41, 5.74) is 4.45. The highest BCUT2D eigenvalue weighted by Crippen LogP contribution is 2.30. The van der Waals surface area contributed by atoms with Crippen molar-refractivity contribution < 1.29 is 14.3 Å². The van der Waals surface area contributed by atoms with Gasteiger partial charge < -0.3 is 9.64 Å². The number of hydrazone groups is 1. The predicted molar refractivity (Wildman–Crippen MR) is 117 cm³/mol. The lowest BCUT2D eigenvalue weighted by Gasteiger charge is -2.26. The number of anilines is 1. The van der Waals surface area contributed by atoms with Gasteiger partial charge in [-0.1, -0.05) is 24.3 Å². The molecule has 1 saturated heterocycles. The topological polar surface area (TPSA) is 62.2 Å². The number of carbonyl (C=O) groups excluding carboxylic acids is 2. The summed E-state index contributed by atoms with van der Waals surface area (Å²) in [6.07, 6.45) is 1.61. The van der Waals surface area contributed by atoms with E-state index in [9.17, 15) is 9.59 Å². The van der Waals surface area contributed by atoms with Crippen molar-refractivity contribution in [2.45, 2.75) is 39.0 Å². The van der Waals surface area contributed by atoms with Crippen LogP contribution in [0, 0.1) is 13.8 Å². The maximum absolute atomic E-state index is 13.2. The third-order valence-corrected chi connectivity index (χ3v) is 5.93. The van der Waals surface area contributed by atoms with Gasteiger partial charge in [0.2, 0.25) is 5.91 Å². The van der Waals surface area contributed by atoms with Crippen molar-refractivity contribution in [1.82, 2.24) is 4.90 Å². The largest absolute Gasteiger partial charge is 0.497 e. The van der Waals surface area contributed by atoms with Gasteiger partial charge in [-0.2, -0.15) is 5.10 Å². The van der Waals surface area contributed by atoms with Gasteiger partial charge in [-0.25, -0.2) is 5.01 Å². The molecule has 2 heterocycles. The van der Waals surface area contributed by atoms with Crippen LogP contribution in [0.1, 0.15) is 41.9 Å². The number of rotatable bonds is 4. The van der Waals surface area contributed by atoms with Gasteiger partial charge in [0, 0.05) is 31.8 Å². The van der Waals surface area contributed by atoms with Crippen LogP contribution in [0.2, 0.25) is 0 Å². The minimum absolute atomic E-state index is 0.0613. The molecule has 0 aliphatic carbocycles. The molecule has 0 saturated carbocycles. The molecule has 0 spiro atoms. The van der Waals surface area contributed by atoms with Crippen LogP contribution in [0.25, 0.3) is 0 Å². The van der Waals surface area contributed by atoms with Gasteiger partial charge in [0.1, 0.15) is 11.5 Å². The molecule has 6 heteroatoms. The van der Waals surface area contributed by atoms with Gasteiger partial charge >= 0.3 is 0 Å². The second kappa shape index (κ2) is 8.30. The molecule has 2 aliphatic rings. The number of nitrogens with zero attached hydrogens (tertiary/aromatic N) is 3. The number of benzene rings is 2. The van der Waals surface area contributed by atoms with Gasteiger partial charge in [-0.05, 0) is 55.2 Å². The van der Waals surface area contributed by atoms with Crippen molar-refractivity contribution in [3.8, 4) is 5.75 Å². The monoisotopic (exact) mass is 405 g/mol. The first kappa shape index (κ1) is 20.1. The average molecular weight is 405 g/mol. The summed E-state index contributed by atoms with van der Waals surface area (Å²) in [6, 6.07) is 14.0. The molecular formula is C24H27N3O3. The molecule has 30 heavy (non-hydrogen) atoms. The molecule has 0 bridgehead atoms. The van der Waals surface area contributed by atoms with Crippen molar-refractivity contribution in [2.75, 3.05) is 25.2 Å². The summed E-state index contributed by atoms with van der Waals surface area (Å²) < 4.78 is 5.23. The number of likely N-dealkylation sites (tertiary alicyclic amines) is 1. The van der Waals surface area contributed by atoms with Gasteiger partial charge in [0.25, 0.3) is 5.91 Å². The number of aryl methyl sites for hydroxylation is 2. The van der Waals surface area contributed by atoms with E-state index in [4.69, 9.17) is 4.74 Å². The number of ether oxygens (including phenoxy) is 1. The van der Waals surface area contributed by atoms with Gasteiger partial charge in [-0.3, -0.25) is 9.59 Å².